The van der Waals surface area contributed by atoms with Gasteiger partial charge in [0.15, 0.2) is 16.8 Å². The van der Waals surface area contributed by atoms with Crippen LogP contribution in [0.5, 0.6) is 0 Å². The number of carbonyl (C=O) groups is 4. The van der Waals surface area contributed by atoms with Crippen LogP contribution in [0.4, 0.5) is 0 Å². The molecule has 0 aromatic carbocycles. The van der Waals surface area contributed by atoms with Crippen molar-refractivity contribution in [1.29, 1.82) is 0 Å². The number of aldehydes is 1. The van der Waals surface area contributed by atoms with E-state index in [4.69, 9.17) is 63.3 Å². The molecular formula is C68H83LiO21. The van der Waals surface area contributed by atoms with Crippen LogP contribution in [0, 0.1) is 83.4 Å². The molecule has 31 atom stereocenters. The van der Waals surface area contributed by atoms with E-state index in [1.54, 1.807) is 6.92 Å². The molecule has 482 valence electrons. The summed E-state index contributed by atoms with van der Waals surface area (Å²) in [6.07, 6.45) is 12.7. The Kier molecular flexibility index (Phi) is 12.8. The molecule has 6 spiro atoms. The minimum Gasteiger partial charge on any atom is -0.458 e. The molecule has 9 aliphatic carbocycles. The van der Waals surface area contributed by atoms with E-state index in [0.717, 1.165) is 78.2 Å². The van der Waals surface area contributed by atoms with Crippen molar-refractivity contribution in [3.05, 3.63) is 40.4 Å². The van der Waals surface area contributed by atoms with E-state index in [1.807, 2.05) is 19.8 Å². The van der Waals surface area contributed by atoms with Gasteiger partial charge in [-0.15, -0.1) is 12.3 Å². The van der Waals surface area contributed by atoms with E-state index in [2.05, 4.69) is 40.0 Å². The number of aliphatic hydroxyl groups is 5. The zero-order valence-corrected chi connectivity index (χ0v) is 50.6. The number of hydrogen-bond acceptors (Lipinski definition) is 21. The number of epoxide rings is 9. The Labute approximate surface area is 535 Å². The Morgan fingerprint density at radius 3 is 1.27 bits per heavy atom. The third-order valence-electron chi connectivity index (χ3n) is 28.2. The van der Waals surface area contributed by atoms with Gasteiger partial charge in [0, 0.05) is 63.7 Å². The minimum absolute atomic E-state index is 0. The molecule has 12 aliphatic heterocycles. The van der Waals surface area contributed by atoms with Crippen LogP contribution in [0.3, 0.4) is 0 Å². The quantitative estimate of drug-likeness (QED) is 0.0410. The van der Waals surface area contributed by atoms with Crippen molar-refractivity contribution >= 4 is 24.2 Å². The first-order valence-electron chi connectivity index (χ1n) is 31.7. The molecule has 22 heteroatoms. The molecule has 9 saturated heterocycles. The molecule has 21 nitrogen and oxygen atoms in total. The fourth-order valence-corrected chi connectivity index (χ4v) is 23.5. The van der Waals surface area contributed by atoms with E-state index in [-0.39, 0.29) is 165 Å². The van der Waals surface area contributed by atoms with Crippen LogP contribution < -0.4 is 18.9 Å². The molecule has 6 saturated carbocycles. The number of fused-ring (bicyclic) bond motifs is 12. The second kappa shape index (κ2) is 18.5. The summed E-state index contributed by atoms with van der Waals surface area (Å²) in [4.78, 5) is 47.8. The van der Waals surface area contributed by atoms with Gasteiger partial charge >= 0.3 is 36.8 Å². The van der Waals surface area contributed by atoms with Crippen LogP contribution in [-0.2, 0) is 76.0 Å². The van der Waals surface area contributed by atoms with E-state index < -0.39 is 80.7 Å². The van der Waals surface area contributed by atoms with Crippen LogP contribution >= 0.6 is 0 Å². The summed E-state index contributed by atoms with van der Waals surface area (Å²) in [5.41, 5.74) is -1.60. The molecule has 90 heavy (non-hydrogen) atoms. The summed E-state index contributed by atoms with van der Waals surface area (Å²) in [5.74, 6) is 3.52. The fourth-order valence-electron chi connectivity index (χ4n) is 23.5. The van der Waals surface area contributed by atoms with Crippen molar-refractivity contribution in [2.24, 2.45) is 51.8 Å². The maximum Gasteiger partial charge on any atom is 1.00 e. The molecule has 0 amide bonds. The van der Waals surface area contributed by atoms with Crippen LogP contribution in [0.1, 0.15) is 121 Å². The van der Waals surface area contributed by atoms with E-state index >= 15 is 0 Å². The number of terminal acetylenes is 2. The fraction of sp³-hybridized carbons (Fsp3) is 0.779. The van der Waals surface area contributed by atoms with Gasteiger partial charge in [-0.1, -0.05) is 56.4 Å². The maximum absolute atomic E-state index is 12.2. The smallest absolute Gasteiger partial charge is 0.458 e. The van der Waals surface area contributed by atoms with E-state index in [1.165, 1.54) is 0 Å². The first-order chi connectivity index (χ1) is 41.5. The predicted octanol–water partition coefficient (Wildman–Crippen LogP) is -0.445. The van der Waals surface area contributed by atoms with Crippen molar-refractivity contribution in [3.63, 3.8) is 0 Å². The largest absolute Gasteiger partial charge is 1.00 e. The van der Waals surface area contributed by atoms with Gasteiger partial charge in [0.2, 0.25) is 0 Å². The van der Waals surface area contributed by atoms with Crippen molar-refractivity contribution < 1.29 is 120 Å². The molecule has 0 aromatic heterocycles. The molecule has 12 heterocycles. The van der Waals surface area contributed by atoms with Gasteiger partial charge in [0.25, 0.3) is 0 Å². The molecule has 5 N–H and O–H groups in total. The molecule has 4 unspecified atom stereocenters. The minimum atomic E-state index is -0.893. The number of aliphatic hydroxyl groups excluding tert-OH is 5. The van der Waals surface area contributed by atoms with Crippen molar-refractivity contribution in [3.8, 4) is 24.7 Å². The van der Waals surface area contributed by atoms with Gasteiger partial charge in [-0.3, -0.25) is 0 Å². The number of hydrogen-bond donors (Lipinski definition) is 5. The third-order valence-corrected chi connectivity index (χ3v) is 28.2. The number of carbonyl (C=O) groups excluding carboxylic acids is 4. The second-order valence-corrected chi connectivity index (χ2v) is 30.2. The Bertz CT molecular complexity index is 3460. The molecule has 0 aromatic rings. The number of rotatable bonds is 7. The molecule has 21 rings (SSSR count). The van der Waals surface area contributed by atoms with Gasteiger partial charge < -0.3 is 99.5 Å². The first-order valence-corrected chi connectivity index (χ1v) is 31.7. The van der Waals surface area contributed by atoms with Crippen molar-refractivity contribution in [2.45, 2.75) is 250 Å². The van der Waals surface area contributed by atoms with Gasteiger partial charge in [-0.25, -0.2) is 14.4 Å². The molecule has 15 fully saturated rings. The number of ether oxygens (including phenoxy) is 12. The van der Waals surface area contributed by atoms with Gasteiger partial charge in [0.1, 0.15) is 115 Å². The Hall–Kier alpha value is -3.67. The first kappa shape index (κ1) is 62.4. The summed E-state index contributed by atoms with van der Waals surface area (Å²) in [6.45, 7) is 16.4. The Balaban J connectivity index is 0.000000109. The van der Waals surface area contributed by atoms with Gasteiger partial charge in [-0.05, 0) is 92.3 Å². The molecule has 0 bridgehead atoms. The zero-order valence-electron chi connectivity index (χ0n) is 50.6. The second-order valence-electron chi connectivity index (χ2n) is 30.2. The van der Waals surface area contributed by atoms with Gasteiger partial charge in [-0.2, -0.15) is 6.92 Å². The standard InChI is InChI=1S/C23H26O7.C20H24O7.C20H22O7.C3H3.2CH4.Li/c1-4-5-14(24)10(2)21-16(29-21)17-23(30-17)20(3)7-6-11-12(9-27-18(11)25)13(20)8-15-22(23,28-15)19(21)26;2*1-8(6-21)18-13(26-18)14-20(27-14)17(2)4-3-9-10(7-24-15(9)22)11(17)5-12-19(20,25-12)16(18)23;1-3-2;;;/h1,10,13-17,19,24,26H,5-9H2,2-3H3;8,11-14,16,21,23H,3-7H2,1-2H3;6,8,11-14,16,23H,3-5,7H2,1-2H3;1H,2H2;2*1H4;/q;;;-1;;;+1/t10?,13-,14?,15-,16-,17-,19+,20-,21-,22+,23+;2*8?,11-,12-,13-,14-,16+,17-,18-,19+,20+;;;;/m000..../s1. The zero-order chi connectivity index (χ0) is 60.7. The van der Waals surface area contributed by atoms with E-state index in [9.17, 15) is 44.7 Å². The van der Waals surface area contributed by atoms with Crippen molar-refractivity contribution in [1.82, 2.24) is 0 Å². The normalized spacial score (nSPS) is 56.7. The average molecular weight is 1240 g/mol. The predicted molar refractivity (Wildman–Crippen MR) is 305 cm³/mol. The summed E-state index contributed by atoms with van der Waals surface area (Å²) in [7, 11) is 0. The SMILES string of the molecule is C.C.C#CCC(O)C(C)[C@]12O[C@H]1[C@@H]1O[C@]13[C@]1(O[C@H]1C[C@H]1C4=C(CC[C@@]13C)C(=O)OC4)[C@@H]2O.C#C[CH2-].CC(C=O)[C@]12O[C@H]1[C@@H]1O[C@]13[C@]1(O[C@H]1C[C@H]1C4=C(CC[C@@]13C)C(=O)OC4)[C@@H]2O.CC(CO)[C@]12O[C@H]1[C@@H]1O[C@]13[C@]1(O[C@H]1C[C@H]1C4=C(CC[C@@]13C)C(=O)OC4)[C@@H]2O.[Li+]. The summed E-state index contributed by atoms with van der Waals surface area (Å²) < 4.78 is 72.6. The van der Waals surface area contributed by atoms with Crippen LogP contribution in [0.2, 0.25) is 0 Å². The van der Waals surface area contributed by atoms with Crippen LogP contribution in [0.15, 0.2) is 33.4 Å². The van der Waals surface area contributed by atoms with Crippen molar-refractivity contribution in [2.75, 3.05) is 26.4 Å². The molecule has 21 aliphatic rings. The monoisotopic (exact) mass is 1240 g/mol. The van der Waals surface area contributed by atoms with Crippen LogP contribution in [0.25, 0.3) is 0 Å². The van der Waals surface area contributed by atoms with Gasteiger partial charge in [0.05, 0.1) is 24.4 Å². The summed E-state index contributed by atoms with van der Waals surface area (Å²) >= 11 is 0. The topological polar surface area (TPSA) is 310 Å². The third kappa shape index (κ3) is 6.20. The summed E-state index contributed by atoms with van der Waals surface area (Å²) in [6, 6.07) is 0. The molecule has 0 radical (unpaired) electrons. The average Bonchev–Trinajstić information content (AvgIpc) is 1.43. The molecular weight excluding hydrogens is 1160 g/mol. The maximum atomic E-state index is 12.2. The Morgan fingerprint density at radius 1 is 0.567 bits per heavy atom. The Morgan fingerprint density at radius 2 is 0.900 bits per heavy atom. The van der Waals surface area contributed by atoms with Crippen LogP contribution in [-0.4, -0.2) is 206 Å². The summed E-state index contributed by atoms with van der Waals surface area (Å²) in [5, 5.41) is 54.9. The van der Waals surface area contributed by atoms with E-state index in [0.29, 0.717) is 39.1 Å². The number of cyclic esters (lactones) is 3. The number of esters is 3.